The summed E-state index contributed by atoms with van der Waals surface area (Å²) >= 11 is 1.44. The van der Waals surface area contributed by atoms with E-state index < -0.39 is 11.6 Å². The average molecular weight is 333 g/mol. The molecule has 1 N–H and O–H groups in total. The van der Waals surface area contributed by atoms with Crippen LogP contribution in [0.5, 0.6) is 5.75 Å². The molecule has 1 heterocycles. The minimum Gasteiger partial charge on any atom is -0.497 e. The van der Waals surface area contributed by atoms with Gasteiger partial charge >= 0.3 is 0 Å². The molecular formula is C16H13F2N3OS. The van der Waals surface area contributed by atoms with E-state index in [9.17, 15) is 8.78 Å². The number of aliphatic imine (C=N–C) groups is 1. The van der Waals surface area contributed by atoms with E-state index in [0.29, 0.717) is 22.2 Å². The van der Waals surface area contributed by atoms with Crippen molar-refractivity contribution >= 4 is 28.3 Å². The van der Waals surface area contributed by atoms with Gasteiger partial charge in [0.2, 0.25) is 0 Å². The van der Waals surface area contributed by atoms with Crippen LogP contribution in [0.25, 0.3) is 0 Å². The van der Waals surface area contributed by atoms with E-state index in [4.69, 9.17) is 4.74 Å². The van der Waals surface area contributed by atoms with Crippen LogP contribution in [0.4, 0.5) is 14.5 Å². The number of methoxy groups -OCH3 is 1. The summed E-state index contributed by atoms with van der Waals surface area (Å²) in [5.41, 5.74) is 4.76. The average Bonchev–Trinajstić information content (AvgIpc) is 2.58. The maximum Gasteiger partial charge on any atom is 0.182 e. The van der Waals surface area contributed by atoms with E-state index in [1.54, 1.807) is 7.11 Å². The highest BCUT2D eigenvalue weighted by atomic mass is 32.2. The lowest BCUT2D eigenvalue weighted by atomic mass is 10.1. The third-order valence-electron chi connectivity index (χ3n) is 3.17. The van der Waals surface area contributed by atoms with Gasteiger partial charge in [0.05, 0.1) is 18.5 Å². The molecule has 2 aromatic rings. The number of nitrogens with zero attached hydrogens (tertiary/aromatic N) is 2. The fourth-order valence-electron chi connectivity index (χ4n) is 1.99. The second-order valence-electron chi connectivity index (χ2n) is 4.71. The van der Waals surface area contributed by atoms with Crippen LogP contribution in [0.1, 0.15) is 5.56 Å². The number of thioether (sulfide) groups is 1. The molecule has 0 bridgehead atoms. The molecule has 4 nitrogen and oxygen atoms in total. The number of rotatable bonds is 3. The topological polar surface area (TPSA) is 46.0 Å². The van der Waals surface area contributed by atoms with E-state index in [2.05, 4.69) is 15.5 Å². The Bertz CT molecular complexity index is 793. The Morgan fingerprint density at radius 1 is 1.17 bits per heavy atom. The molecule has 0 amide bonds. The van der Waals surface area contributed by atoms with Gasteiger partial charge in [-0.25, -0.2) is 13.8 Å². The second kappa shape index (κ2) is 6.78. The molecule has 3 rings (SSSR count). The van der Waals surface area contributed by atoms with Crippen molar-refractivity contribution in [2.24, 2.45) is 10.1 Å². The molecule has 0 atom stereocenters. The lowest BCUT2D eigenvalue weighted by molar-refractivity contribution is 0.415. The van der Waals surface area contributed by atoms with E-state index in [-0.39, 0.29) is 0 Å². The summed E-state index contributed by atoms with van der Waals surface area (Å²) in [6, 6.07) is 11.1. The highest BCUT2D eigenvalue weighted by molar-refractivity contribution is 8.14. The van der Waals surface area contributed by atoms with Gasteiger partial charge in [0.1, 0.15) is 5.75 Å². The third kappa shape index (κ3) is 3.68. The van der Waals surface area contributed by atoms with Crippen molar-refractivity contribution in [2.45, 2.75) is 0 Å². The van der Waals surface area contributed by atoms with Crippen LogP contribution in [0.15, 0.2) is 52.6 Å². The Hall–Kier alpha value is -2.41. The number of nitrogens with one attached hydrogen (secondary N) is 1. The Morgan fingerprint density at radius 3 is 2.74 bits per heavy atom. The number of amidine groups is 1. The first-order valence-corrected chi connectivity index (χ1v) is 7.78. The molecule has 0 spiro atoms. The van der Waals surface area contributed by atoms with Crippen LogP contribution < -0.4 is 10.2 Å². The molecular weight excluding hydrogens is 320 g/mol. The van der Waals surface area contributed by atoms with E-state index in [1.165, 1.54) is 17.8 Å². The Morgan fingerprint density at radius 2 is 2.04 bits per heavy atom. The molecule has 0 fully saturated rings. The predicted molar refractivity (Wildman–Crippen MR) is 88.6 cm³/mol. The summed E-state index contributed by atoms with van der Waals surface area (Å²) in [5.74, 6) is -0.517. The normalized spacial score (nSPS) is 16.0. The summed E-state index contributed by atoms with van der Waals surface area (Å²) in [4.78, 5) is 4.43. The van der Waals surface area contributed by atoms with Crippen molar-refractivity contribution in [3.05, 3.63) is 59.7 Å². The molecule has 2 aromatic carbocycles. The molecule has 0 radical (unpaired) electrons. The maximum absolute atomic E-state index is 13.3. The highest BCUT2D eigenvalue weighted by Gasteiger charge is 2.15. The number of halogens is 2. The van der Waals surface area contributed by atoms with Gasteiger partial charge in [0.25, 0.3) is 0 Å². The van der Waals surface area contributed by atoms with Crippen LogP contribution >= 0.6 is 11.8 Å². The summed E-state index contributed by atoms with van der Waals surface area (Å²) in [7, 11) is 1.60. The van der Waals surface area contributed by atoms with Gasteiger partial charge in [0.15, 0.2) is 16.8 Å². The van der Waals surface area contributed by atoms with Gasteiger partial charge < -0.3 is 4.74 Å². The monoisotopic (exact) mass is 333 g/mol. The summed E-state index contributed by atoms with van der Waals surface area (Å²) in [6.45, 7) is 0. The molecule has 0 saturated heterocycles. The van der Waals surface area contributed by atoms with E-state index >= 15 is 0 Å². The zero-order chi connectivity index (χ0) is 16.2. The number of hydrazone groups is 1. The van der Waals surface area contributed by atoms with Crippen LogP contribution in [-0.4, -0.2) is 23.7 Å². The molecule has 118 valence electrons. The zero-order valence-electron chi connectivity index (χ0n) is 12.2. The zero-order valence-corrected chi connectivity index (χ0v) is 13.0. The quantitative estimate of drug-likeness (QED) is 0.931. The maximum atomic E-state index is 13.3. The van der Waals surface area contributed by atoms with Crippen LogP contribution in [0.2, 0.25) is 0 Å². The summed E-state index contributed by atoms with van der Waals surface area (Å²) < 4.78 is 31.4. The second-order valence-corrected chi connectivity index (χ2v) is 5.67. The summed E-state index contributed by atoms with van der Waals surface area (Å²) in [6.07, 6.45) is 0. The van der Waals surface area contributed by atoms with Crippen molar-refractivity contribution in [1.29, 1.82) is 0 Å². The van der Waals surface area contributed by atoms with E-state index in [1.807, 2.05) is 24.3 Å². The summed E-state index contributed by atoms with van der Waals surface area (Å²) in [5, 5.41) is 4.81. The number of ether oxygens (including phenoxy) is 1. The van der Waals surface area contributed by atoms with Gasteiger partial charge in [-0.05, 0) is 30.3 Å². The largest absolute Gasteiger partial charge is 0.497 e. The van der Waals surface area contributed by atoms with Gasteiger partial charge in [-0.3, -0.25) is 5.43 Å². The SMILES string of the molecule is COc1cccc(N=C2NN=C(c3ccc(F)c(F)c3)CS2)c1. The van der Waals surface area contributed by atoms with Gasteiger partial charge in [-0.2, -0.15) is 5.10 Å². The molecule has 7 heteroatoms. The van der Waals surface area contributed by atoms with Gasteiger partial charge in [0, 0.05) is 17.4 Å². The van der Waals surface area contributed by atoms with Crippen molar-refractivity contribution in [2.75, 3.05) is 12.9 Å². The molecule has 0 saturated carbocycles. The third-order valence-corrected chi connectivity index (χ3v) is 4.04. The Kier molecular flexibility index (Phi) is 4.57. The first-order valence-electron chi connectivity index (χ1n) is 6.79. The van der Waals surface area contributed by atoms with Crippen molar-refractivity contribution in [3.8, 4) is 5.75 Å². The van der Waals surface area contributed by atoms with Crippen LogP contribution in [-0.2, 0) is 0 Å². The molecule has 1 aliphatic rings. The van der Waals surface area contributed by atoms with Gasteiger partial charge in [-0.1, -0.05) is 17.8 Å². The first-order chi connectivity index (χ1) is 11.2. The molecule has 1 aliphatic heterocycles. The van der Waals surface area contributed by atoms with Crippen molar-refractivity contribution in [1.82, 2.24) is 5.43 Å². The van der Waals surface area contributed by atoms with Crippen molar-refractivity contribution in [3.63, 3.8) is 0 Å². The Balaban J connectivity index is 1.77. The molecule has 0 aliphatic carbocycles. The van der Waals surface area contributed by atoms with Gasteiger partial charge in [-0.15, -0.1) is 0 Å². The molecule has 0 unspecified atom stereocenters. The van der Waals surface area contributed by atoms with Crippen LogP contribution in [0.3, 0.4) is 0 Å². The molecule has 0 aromatic heterocycles. The lowest BCUT2D eigenvalue weighted by Gasteiger charge is -2.15. The fraction of sp³-hybridized carbons (Fsp3) is 0.125. The smallest absolute Gasteiger partial charge is 0.182 e. The van der Waals surface area contributed by atoms with Crippen molar-refractivity contribution < 1.29 is 13.5 Å². The highest BCUT2D eigenvalue weighted by Crippen LogP contribution is 2.22. The standard InChI is InChI=1S/C16H13F2N3OS/c1-22-12-4-2-3-11(8-12)19-16-21-20-15(9-23-16)10-5-6-13(17)14(18)7-10/h2-8H,9H2,1H3,(H,19,21). The number of benzene rings is 2. The minimum absolute atomic E-state index is 0.515. The predicted octanol–water partition coefficient (Wildman–Crippen LogP) is 3.70. The minimum atomic E-state index is -0.883. The van der Waals surface area contributed by atoms with Crippen LogP contribution in [0, 0.1) is 11.6 Å². The lowest BCUT2D eigenvalue weighted by Crippen LogP contribution is -2.25. The fourth-order valence-corrected chi connectivity index (χ4v) is 2.78. The first kappa shape index (κ1) is 15.5. The molecule has 23 heavy (non-hydrogen) atoms. The Labute approximate surface area is 136 Å². The number of hydrogen-bond acceptors (Lipinski definition) is 4. The number of hydrogen-bond donors (Lipinski definition) is 1. The van der Waals surface area contributed by atoms with E-state index in [0.717, 1.165) is 23.6 Å².